The number of hydrogen-bond donors (Lipinski definition) is 1. The number of amides is 1. The molecule has 1 amide bonds. The Labute approximate surface area is 260 Å². The van der Waals surface area contributed by atoms with E-state index in [1.54, 1.807) is 28.8 Å². The van der Waals surface area contributed by atoms with E-state index in [2.05, 4.69) is 40.6 Å². The van der Waals surface area contributed by atoms with E-state index < -0.39 is 0 Å². The van der Waals surface area contributed by atoms with Crippen LogP contribution in [-0.2, 0) is 11.3 Å². The van der Waals surface area contributed by atoms with Crippen molar-refractivity contribution in [2.24, 2.45) is 4.99 Å². The number of nitriles is 1. The van der Waals surface area contributed by atoms with Gasteiger partial charge in [-0.05, 0) is 53.6 Å². The van der Waals surface area contributed by atoms with Gasteiger partial charge in [0.15, 0.2) is 5.17 Å². The highest BCUT2D eigenvalue weighted by Gasteiger charge is 2.40. The van der Waals surface area contributed by atoms with Crippen LogP contribution in [0.15, 0.2) is 124 Å². The maximum absolute atomic E-state index is 14.3. The predicted molar refractivity (Wildman–Crippen MR) is 179 cm³/mol. The van der Waals surface area contributed by atoms with Crippen molar-refractivity contribution in [2.45, 2.75) is 13.5 Å². The summed E-state index contributed by atoms with van der Waals surface area (Å²) in [6.45, 7) is 3.11. The van der Waals surface area contributed by atoms with Gasteiger partial charge in [0.05, 0.1) is 40.3 Å². The van der Waals surface area contributed by atoms with Crippen LogP contribution in [0.5, 0.6) is 0 Å². The molecule has 0 aliphatic carbocycles. The van der Waals surface area contributed by atoms with Crippen molar-refractivity contribution >= 4 is 56.6 Å². The Balaban J connectivity index is 1.47. The van der Waals surface area contributed by atoms with Gasteiger partial charge in [0.2, 0.25) is 0 Å². The molecule has 0 bridgehead atoms. The minimum atomic E-state index is -0.0925. The summed E-state index contributed by atoms with van der Waals surface area (Å²) in [5.41, 5.74) is 6.20. The standard InChI is InChI=1S/C35H29N5OS2/c1-3-37-28-20-19-25(22-36)21-29(28)38-35-40(23-24-13-7-4-8-14-24)33(41)32(43-35)34-39(2)30(26-15-9-5-10-16-26)31(42-34)27-17-11-6-12-18-27/h4-21,37H,3,23H2,1-2H3/b34-32-,38-35?. The van der Waals surface area contributed by atoms with Crippen LogP contribution in [0.25, 0.3) is 10.6 Å². The minimum Gasteiger partial charge on any atom is -0.384 e. The van der Waals surface area contributed by atoms with Gasteiger partial charge >= 0.3 is 0 Å². The van der Waals surface area contributed by atoms with Gasteiger partial charge in [-0.3, -0.25) is 9.69 Å². The first-order valence-electron chi connectivity index (χ1n) is 14.0. The minimum absolute atomic E-state index is 0.0925. The smallest absolute Gasteiger partial charge is 0.269 e. The van der Waals surface area contributed by atoms with Crippen molar-refractivity contribution in [3.05, 3.63) is 141 Å². The fraction of sp³-hybridized carbons (Fsp3) is 0.114. The summed E-state index contributed by atoms with van der Waals surface area (Å²) in [6, 6.07) is 38.1. The zero-order valence-corrected chi connectivity index (χ0v) is 25.5. The van der Waals surface area contributed by atoms with Gasteiger partial charge in [0, 0.05) is 18.5 Å². The highest BCUT2D eigenvalue weighted by atomic mass is 32.2. The van der Waals surface area contributed by atoms with E-state index >= 15 is 0 Å². The molecule has 0 saturated carbocycles. The average molecular weight is 600 g/mol. The lowest BCUT2D eigenvalue weighted by atomic mass is 10.1. The molecule has 2 aliphatic heterocycles. The Hall–Kier alpha value is -4.71. The van der Waals surface area contributed by atoms with Crippen molar-refractivity contribution in [3.63, 3.8) is 0 Å². The number of rotatable bonds is 7. The molecule has 6 nitrogen and oxygen atoms in total. The summed E-state index contributed by atoms with van der Waals surface area (Å²) in [5.74, 6) is -0.0925. The summed E-state index contributed by atoms with van der Waals surface area (Å²) in [5, 5.41) is 14.4. The Bertz CT molecular complexity index is 1790. The molecule has 1 N–H and O–H groups in total. The average Bonchev–Trinajstić information content (AvgIpc) is 3.55. The van der Waals surface area contributed by atoms with Crippen LogP contribution in [0, 0.1) is 11.3 Å². The Kier molecular flexibility index (Phi) is 8.36. The molecule has 0 atom stereocenters. The number of hydrogen-bond acceptors (Lipinski definition) is 7. The van der Waals surface area contributed by atoms with E-state index in [9.17, 15) is 10.1 Å². The first-order chi connectivity index (χ1) is 21.1. The number of amidine groups is 1. The Morgan fingerprint density at radius 3 is 2.14 bits per heavy atom. The number of nitrogens with zero attached hydrogens (tertiary/aromatic N) is 4. The first kappa shape index (κ1) is 28.4. The second-order valence-corrected chi connectivity index (χ2v) is 11.9. The topological polar surface area (TPSA) is 71.7 Å². The molecule has 4 aromatic rings. The van der Waals surface area contributed by atoms with Gasteiger partial charge in [0.1, 0.15) is 4.91 Å². The third-order valence-electron chi connectivity index (χ3n) is 7.09. The Morgan fingerprint density at radius 1 is 0.837 bits per heavy atom. The van der Waals surface area contributed by atoms with Crippen LogP contribution >= 0.6 is 23.5 Å². The van der Waals surface area contributed by atoms with E-state index in [4.69, 9.17) is 4.99 Å². The second-order valence-electron chi connectivity index (χ2n) is 9.95. The molecule has 8 heteroatoms. The van der Waals surface area contributed by atoms with Crippen molar-refractivity contribution in [2.75, 3.05) is 18.9 Å². The van der Waals surface area contributed by atoms with Gasteiger partial charge in [-0.1, -0.05) is 103 Å². The number of anilines is 1. The van der Waals surface area contributed by atoms with Gasteiger partial charge in [-0.25, -0.2) is 4.99 Å². The largest absolute Gasteiger partial charge is 0.384 e. The predicted octanol–water partition coefficient (Wildman–Crippen LogP) is 8.13. The van der Waals surface area contributed by atoms with Crippen molar-refractivity contribution < 1.29 is 4.79 Å². The summed E-state index contributed by atoms with van der Waals surface area (Å²) in [4.78, 5) is 24.9. The van der Waals surface area contributed by atoms with E-state index in [-0.39, 0.29) is 5.91 Å². The van der Waals surface area contributed by atoms with E-state index in [1.165, 1.54) is 11.8 Å². The number of aliphatic imine (C=N–C) groups is 1. The normalized spacial score (nSPS) is 17.6. The maximum atomic E-state index is 14.3. The highest BCUT2D eigenvalue weighted by Crippen LogP contribution is 2.53. The summed E-state index contributed by atoms with van der Waals surface area (Å²) in [6.07, 6.45) is 0. The van der Waals surface area contributed by atoms with Crippen LogP contribution in [-0.4, -0.2) is 34.5 Å². The summed E-state index contributed by atoms with van der Waals surface area (Å²) in [7, 11) is 2.03. The quantitative estimate of drug-likeness (QED) is 0.216. The lowest BCUT2D eigenvalue weighted by Crippen LogP contribution is -2.29. The molecule has 0 spiro atoms. The zero-order valence-electron chi connectivity index (χ0n) is 23.8. The molecular formula is C35H29N5OS2. The van der Waals surface area contributed by atoms with Crippen molar-refractivity contribution in [3.8, 4) is 6.07 Å². The third kappa shape index (κ3) is 5.82. The fourth-order valence-corrected chi connectivity index (χ4v) is 7.49. The summed E-state index contributed by atoms with van der Waals surface area (Å²) >= 11 is 3.00. The van der Waals surface area contributed by atoms with E-state index in [1.807, 2.05) is 86.8 Å². The molecule has 6 rings (SSSR count). The monoisotopic (exact) mass is 599 g/mol. The second kappa shape index (κ2) is 12.7. The van der Waals surface area contributed by atoms with Crippen LogP contribution in [0.1, 0.15) is 29.2 Å². The van der Waals surface area contributed by atoms with Crippen molar-refractivity contribution in [1.82, 2.24) is 9.80 Å². The molecule has 2 aliphatic rings. The summed E-state index contributed by atoms with van der Waals surface area (Å²) < 4.78 is 0. The van der Waals surface area contributed by atoms with Crippen molar-refractivity contribution in [1.29, 1.82) is 5.26 Å². The van der Waals surface area contributed by atoms with E-state index in [0.717, 1.165) is 38.0 Å². The van der Waals surface area contributed by atoms with Gasteiger partial charge < -0.3 is 10.2 Å². The van der Waals surface area contributed by atoms with Gasteiger partial charge in [-0.15, -0.1) is 0 Å². The maximum Gasteiger partial charge on any atom is 0.269 e. The number of carbonyl (C=O) groups excluding carboxylic acids is 1. The van der Waals surface area contributed by atoms with Crippen LogP contribution in [0.4, 0.5) is 11.4 Å². The molecule has 2 heterocycles. The highest BCUT2D eigenvalue weighted by molar-refractivity contribution is 8.20. The van der Waals surface area contributed by atoms with Gasteiger partial charge in [-0.2, -0.15) is 5.26 Å². The molecule has 212 valence electrons. The van der Waals surface area contributed by atoms with Crippen LogP contribution in [0.3, 0.4) is 0 Å². The molecule has 1 fully saturated rings. The zero-order chi connectivity index (χ0) is 29.8. The Morgan fingerprint density at radius 2 is 1.49 bits per heavy atom. The first-order valence-corrected chi connectivity index (χ1v) is 15.6. The number of carbonyl (C=O) groups is 1. The number of thioether (sulfide) groups is 2. The fourth-order valence-electron chi connectivity index (χ4n) is 5.03. The number of benzene rings is 4. The lowest BCUT2D eigenvalue weighted by molar-refractivity contribution is -0.122. The molecule has 0 radical (unpaired) electrons. The SMILES string of the molecule is CCNc1ccc(C#N)cc1N=C1S/C(=C2\SC(c3ccccc3)=C(c3ccccc3)N2C)C(=O)N1Cc1ccccc1. The van der Waals surface area contributed by atoms with Crippen LogP contribution < -0.4 is 5.32 Å². The lowest BCUT2D eigenvalue weighted by Gasteiger charge is -2.19. The molecule has 43 heavy (non-hydrogen) atoms. The molecule has 1 saturated heterocycles. The van der Waals surface area contributed by atoms with Crippen LogP contribution in [0.2, 0.25) is 0 Å². The molecule has 4 aromatic carbocycles. The number of nitrogens with one attached hydrogen (secondary N) is 1. The molecule has 0 aromatic heterocycles. The molecular weight excluding hydrogens is 571 g/mol. The molecule has 0 unspecified atom stereocenters. The third-order valence-corrected chi connectivity index (χ3v) is 9.59. The van der Waals surface area contributed by atoms with E-state index in [0.29, 0.717) is 34.4 Å². The van der Waals surface area contributed by atoms with Gasteiger partial charge in [0.25, 0.3) is 5.91 Å².